The van der Waals surface area contributed by atoms with Crippen molar-refractivity contribution in [2.75, 3.05) is 25.6 Å². The summed E-state index contributed by atoms with van der Waals surface area (Å²) < 4.78 is 0. The largest absolute Gasteiger partial charge is 0.480 e. The molecule has 0 aliphatic carbocycles. The van der Waals surface area contributed by atoms with Crippen LogP contribution >= 0.6 is 11.8 Å². The highest BCUT2D eigenvalue weighted by Gasteiger charge is 2.32. The molecule has 0 fully saturated rings. The molecular weight excluding hydrogens is 264 g/mol. The number of hydrogen-bond donors (Lipinski definition) is 1. The molecule has 0 saturated carbocycles. The number of rotatable bonds is 6. The summed E-state index contributed by atoms with van der Waals surface area (Å²) in [5.41, 5.74) is -0.513. The van der Waals surface area contributed by atoms with Crippen LogP contribution in [-0.2, 0) is 4.79 Å². The second kappa shape index (κ2) is 7.62. The molecule has 0 bridgehead atoms. The molecule has 1 unspecified atom stereocenters. The van der Waals surface area contributed by atoms with Crippen molar-refractivity contribution in [3.63, 3.8) is 0 Å². The molecule has 6 heteroatoms. The van der Waals surface area contributed by atoms with Crippen LogP contribution in [0.1, 0.15) is 34.1 Å². The van der Waals surface area contributed by atoms with Crippen molar-refractivity contribution in [3.05, 3.63) is 0 Å². The standard InChI is InChI=1S/C13H26N2O3S/c1-7-10(9-19-6)14(5)12(18)15(8-11(16)17)13(2,3)4/h10H,7-9H2,1-6H3,(H,16,17). The number of carboxylic acid groups (broad SMARTS) is 1. The average molecular weight is 290 g/mol. The molecule has 0 spiro atoms. The first-order valence-corrected chi connectivity index (χ1v) is 7.79. The molecule has 0 radical (unpaired) electrons. The zero-order chi connectivity index (χ0) is 15.2. The molecule has 19 heavy (non-hydrogen) atoms. The minimum Gasteiger partial charge on any atom is -0.480 e. The summed E-state index contributed by atoms with van der Waals surface area (Å²) >= 11 is 1.68. The number of amides is 2. The van der Waals surface area contributed by atoms with Gasteiger partial charge in [0.15, 0.2) is 0 Å². The molecular formula is C13H26N2O3S. The van der Waals surface area contributed by atoms with Gasteiger partial charge in [-0.15, -0.1) is 0 Å². The fraction of sp³-hybridized carbons (Fsp3) is 0.846. The van der Waals surface area contributed by atoms with Crippen molar-refractivity contribution < 1.29 is 14.7 Å². The van der Waals surface area contributed by atoms with Gasteiger partial charge in [0.2, 0.25) is 0 Å². The Morgan fingerprint density at radius 2 is 1.84 bits per heavy atom. The Morgan fingerprint density at radius 1 is 1.32 bits per heavy atom. The van der Waals surface area contributed by atoms with Crippen molar-refractivity contribution in [1.29, 1.82) is 0 Å². The van der Waals surface area contributed by atoms with Gasteiger partial charge >= 0.3 is 12.0 Å². The highest BCUT2D eigenvalue weighted by atomic mass is 32.2. The number of carboxylic acids is 1. The molecule has 5 nitrogen and oxygen atoms in total. The maximum Gasteiger partial charge on any atom is 0.323 e. The number of nitrogens with zero attached hydrogens (tertiary/aromatic N) is 2. The minimum atomic E-state index is -0.991. The molecule has 0 aliphatic heterocycles. The fourth-order valence-electron chi connectivity index (χ4n) is 1.77. The quantitative estimate of drug-likeness (QED) is 0.816. The third kappa shape index (κ3) is 5.72. The van der Waals surface area contributed by atoms with Gasteiger partial charge in [-0.3, -0.25) is 4.79 Å². The molecule has 0 aromatic rings. The SMILES string of the molecule is CCC(CSC)N(C)C(=O)N(CC(=O)O)C(C)(C)C. The molecule has 1 atom stereocenters. The third-order valence-corrected chi connectivity index (χ3v) is 3.73. The van der Waals surface area contributed by atoms with Crippen molar-refractivity contribution in [2.45, 2.75) is 45.7 Å². The van der Waals surface area contributed by atoms with Gasteiger partial charge in [0.25, 0.3) is 0 Å². The Morgan fingerprint density at radius 3 is 2.16 bits per heavy atom. The van der Waals surface area contributed by atoms with Crippen LogP contribution < -0.4 is 0 Å². The van der Waals surface area contributed by atoms with E-state index in [0.717, 1.165) is 12.2 Å². The predicted octanol–water partition coefficient (Wildman–Crippen LogP) is 2.36. The van der Waals surface area contributed by atoms with Crippen LogP contribution in [0.25, 0.3) is 0 Å². The lowest BCUT2D eigenvalue weighted by Gasteiger charge is -2.39. The first-order valence-electron chi connectivity index (χ1n) is 6.40. The van der Waals surface area contributed by atoms with E-state index in [0.29, 0.717) is 0 Å². The van der Waals surface area contributed by atoms with Crippen LogP contribution in [0.5, 0.6) is 0 Å². The molecule has 0 aromatic carbocycles. The summed E-state index contributed by atoms with van der Waals surface area (Å²) in [6, 6.07) is -0.100. The van der Waals surface area contributed by atoms with E-state index in [1.165, 1.54) is 4.90 Å². The van der Waals surface area contributed by atoms with Crippen LogP contribution in [-0.4, -0.2) is 64.1 Å². The van der Waals surface area contributed by atoms with Crippen molar-refractivity contribution in [1.82, 2.24) is 9.80 Å². The van der Waals surface area contributed by atoms with E-state index in [-0.39, 0.29) is 18.6 Å². The normalized spacial score (nSPS) is 12.9. The zero-order valence-electron chi connectivity index (χ0n) is 12.8. The van der Waals surface area contributed by atoms with Crippen molar-refractivity contribution in [3.8, 4) is 0 Å². The summed E-state index contributed by atoms with van der Waals surface area (Å²) in [7, 11) is 1.74. The summed E-state index contributed by atoms with van der Waals surface area (Å²) in [5.74, 6) is -0.140. The van der Waals surface area contributed by atoms with Crippen LogP contribution in [0.15, 0.2) is 0 Å². The highest BCUT2D eigenvalue weighted by Crippen LogP contribution is 2.18. The van der Waals surface area contributed by atoms with Crippen LogP contribution in [0.2, 0.25) is 0 Å². The minimum absolute atomic E-state index is 0.126. The van der Waals surface area contributed by atoms with Gasteiger partial charge < -0.3 is 14.9 Å². The number of hydrogen-bond acceptors (Lipinski definition) is 3. The van der Waals surface area contributed by atoms with Crippen molar-refractivity contribution in [2.24, 2.45) is 0 Å². The number of carbonyl (C=O) groups is 2. The first-order chi connectivity index (χ1) is 8.65. The Kier molecular flexibility index (Phi) is 7.26. The van der Waals surface area contributed by atoms with Gasteiger partial charge in [0.1, 0.15) is 6.54 Å². The average Bonchev–Trinajstić information content (AvgIpc) is 2.29. The van der Waals surface area contributed by atoms with E-state index in [4.69, 9.17) is 5.11 Å². The second-order valence-electron chi connectivity index (χ2n) is 5.56. The summed E-state index contributed by atoms with van der Waals surface area (Å²) in [5, 5.41) is 8.96. The first kappa shape index (κ1) is 18.1. The van der Waals surface area contributed by atoms with E-state index in [2.05, 4.69) is 0 Å². The lowest BCUT2D eigenvalue weighted by molar-refractivity contribution is -0.138. The maximum absolute atomic E-state index is 12.5. The van der Waals surface area contributed by atoms with E-state index in [1.807, 2.05) is 34.0 Å². The number of urea groups is 1. The number of aliphatic carboxylic acids is 1. The van der Waals surface area contributed by atoms with Gasteiger partial charge in [0.05, 0.1) is 0 Å². The van der Waals surface area contributed by atoms with Gasteiger partial charge in [-0.05, 0) is 33.4 Å². The van der Waals surface area contributed by atoms with Crippen LogP contribution in [0.3, 0.4) is 0 Å². The highest BCUT2D eigenvalue weighted by molar-refractivity contribution is 7.98. The smallest absolute Gasteiger partial charge is 0.323 e. The molecule has 0 rings (SSSR count). The molecule has 2 amide bonds. The molecule has 1 N–H and O–H groups in total. The molecule has 0 aromatic heterocycles. The lowest BCUT2D eigenvalue weighted by atomic mass is 10.1. The molecule has 0 aliphatic rings. The Labute approximate surface area is 120 Å². The Bertz CT molecular complexity index is 316. The fourth-order valence-corrected chi connectivity index (χ4v) is 2.61. The third-order valence-electron chi connectivity index (χ3n) is 3.01. The van der Waals surface area contributed by atoms with E-state index < -0.39 is 11.5 Å². The second-order valence-corrected chi connectivity index (χ2v) is 6.47. The summed E-state index contributed by atoms with van der Waals surface area (Å²) in [6.07, 6.45) is 2.86. The molecule has 0 saturated heterocycles. The molecule has 0 heterocycles. The van der Waals surface area contributed by atoms with Gasteiger partial charge in [0, 0.05) is 24.4 Å². The van der Waals surface area contributed by atoms with Crippen LogP contribution in [0.4, 0.5) is 4.79 Å². The van der Waals surface area contributed by atoms with Gasteiger partial charge in [-0.1, -0.05) is 6.92 Å². The van der Waals surface area contributed by atoms with E-state index in [9.17, 15) is 9.59 Å². The lowest BCUT2D eigenvalue weighted by Crippen LogP contribution is -2.55. The summed E-state index contributed by atoms with van der Waals surface area (Å²) in [4.78, 5) is 26.5. The summed E-state index contributed by atoms with van der Waals surface area (Å²) in [6.45, 7) is 7.29. The van der Waals surface area contributed by atoms with Gasteiger partial charge in [-0.25, -0.2) is 4.79 Å². The molecule has 112 valence electrons. The van der Waals surface area contributed by atoms with E-state index in [1.54, 1.807) is 23.7 Å². The van der Waals surface area contributed by atoms with Gasteiger partial charge in [-0.2, -0.15) is 11.8 Å². The van der Waals surface area contributed by atoms with Crippen LogP contribution in [0, 0.1) is 0 Å². The Balaban J connectivity index is 5.02. The zero-order valence-corrected chi connectivity index (χ0v) is 13.6. The van der Waals surface area contributed by atoms with E-state index >= 15 is 0 Å². The van der Waals surface area contributed by atoms with Crippen molar-refractivity contribution >= 4 is 23.8 Å². The topological polar surface area (TPSA) is 60.9 Å². The Hall–Kier alpha value is -0.910. The monoisotopic (exact) mass is 290 g/mol. The number of carbonyl (C=O) groups excluding carboxylic acids is 1. The predicted molar refractivity (Wildman–Crippen MR) is 79.7 cm³/mol. The number of thioether (sulfide) groups is 1. The maximum atomic E-state index is 12.5.